The Labute approximate surface area is 123 Å². The van der Waals surface area contributed by atoms with Gasteiger partial charge in [-0.1, -0.05) is 6.92 Å². The lowest BCUT2D eigenvalue weighted by Crippen LogP contribution is -2.58. The molecular formula is C16H32N2O2. The Balaban J connectivity index is 1.98. The van der Waals surface area contributed by atoms with Gasteiger partial charge in [-0.25, -0.2) is 0 Å². The first-order valence-corrected chi connectivity index (χ1v) is 8.34. The molecule has 2 fully saturated rings. The second-order valence-corrected chi connectivity index (χ2v) is 6.83. The number of ether oxygens (including phenoxy) is 1. The van der Waals surface area contributed by atoms with Crippen molar-refractivity contribution in [3.8, 4) is 0 Å². The Morgan fingerprint density at radius 2 is 2.00 bits per heavy atom. The van der Waals surface area contributed by atoms with Gasteiger partial charge in [-0.2, -0.15) is 0 Å². The smallest absolute Gasteiger partial charge is 0.0678 e. The molecule has 4 nitrogen and oxygen atoms in total. The molecular weight excluding hydrogens is 252 g/mol. The number of nitrogens with one attached hydrogen (secondary N) is 1. The first-order valence-electron chi connectivity index (χ1n) is 8.34. The Hall–Kier alpha value is -0.160. The molecule has 2 rings (SSSR count). The van der Waals surface area contributed by atoms with Crippen LogP contribution in [0.5, 0.6) is 0 Å². The summed E-state index contributed by atoms with van der Waals surface area (Å²) in [6.07, 6.45) is 6.42. The Bertz CT molecular complexity index is 290. The van der Waals surface area contributed by atoms with E-state index >= 15 is 0 Å². The molecule has 1 saturated heterocycles. The van der Waals surface area contributed by atoms with Crippen molar-refractivity contribution >= 4 is 0 Å². The zero-order valence-corrected chi connectivity index (χ0v) is 13.4. The third-order valence-electron chi connectivity index (χ3n) is 4.84. The van der Waals surface area contributed by atoms with Gasteiger partial charge < -0.3 is 15.2 Å². The van der Waals surface area contributed by atoms with E-state index < -0.39 is 0 Å². The van der Waals surface area contributed by atoms with E-state index in [1.165, 1.54) is 12.8 Å². The van der Waals surface area contributed by atoms with Crippen LogP contribution in [0.25, 0.3) is 0 Å². The lowest BCUT2D eigenvalue weighted by atomic mass is 9.78. The lowest BCUT2D eigenvalue weighted by Gasteiger charge is -2.47. The van der Waals surface area contributed by atoms with Crippen molar-refractivity contribution in [2.45, 2.75) is 76.7 Å². The van der Waals surface area contributed by atoms with Crippen LogP contribution in [0, 0.1) is 0 Å². The van der Waals surface area contributed by atoms with Crippen LogP contribution >= 0.6 is 0 Å². The number of nitrogens with zero attached hydrogens (tertiary/aromatic N) is 1. The SMILES string of the molecule is CCCNC1(CO)CCCC(N2CC(C)OC(C)C2)C1. The average molecular weight is 284 g/mol. The van der Waals surface area contributed by atoms with Crippen molar-refractivity contribution in [1.82, 2.24) is 10.2 Å². The van der Waals surface area contributed by atoms with Gasteiger partial charge in [0.15, 0.2) is 0 Å². The third kappa shape index (κ3) is 3.94. The molecule has 1 saturated carbocycles. The maximum absolute atomic E-state index is 9.88. The van der Waals surface area contributed by atoms with Gasteiger partial charge in [0, 0.05) is 24.7 Å². The van der Waals surface area contributed by atoms with E-state index in [0.29, 0.717) is 18.2 Å². The van der Waals surface area contributed by atoms with E-state index in [4.69, 9.17) is 4.74 Å². The molecule has 0 aromatic heterocycles. The number of aliphatic hydroxyl groups excluding tert-OH is 1. The van der Waals surface area contributed by atoms with Crippen molar-refractivity contribution < 1.29 is 9.84 Å². The molecule has 1 aliphatic heterocycles. The highest BCUT2D eigenvalue weighted by Crippen LogP contribution is 2.32. The van der Waals surface area contributed by atoms with Crippen LogP contribution in [0.2, 0.25) is 0 Å². The van der Waals surface area contributed by atoms with Crippen molar-refractivity contribution in [1.29, 1.82) is 0 Å². The van der Waals surface area contributed by atoms with Gasteiger partial charge in [0.2, 0.25) is 0 Å². The number of morpholine rings is 1. The van der Waals surface area contributed by atoms with Crippen LogP contribution < -0.4 is 5.32 Å². The summed E-state index contributed by atoms with van der Waals surface area (Å²) in [5.74, 6) is 0. The minimum Gasteiger partial charge on any atom is -0.394 e. The normalized spacial score (nSPS) is 39.9. The van der Waals surface area contributed by atoms with Gasteiger partial charge in [0.25, 0.3) is 0 Å². The predicted molar refractivity (Wildman–Crippen MR) is 81.9 cm³/mol. The highest BCUT2D eigenvalue weighted by Gasteiger charge is 2.39. The zero-order chi connectivity index (χ0) is 14.6. The molecule has 0 aromatic carbocycles. The van der Waals surface area contributed by atoms with Crippen LogP contribution in [0.4, 0.5) is 0 Å². The largest absolute Gasteiger partial charge is 0.394 e. The average Bonchev–Trinajstić information content (AvgIpc) is 2.44. The van der Waals surface area contributed by atoms with Gasteiger partial charge in [0.1, 0.15) is 0 Å². The fourth-order valence-electron chi connectivity index (χ4n) is 3.91. The molecule has 0 spiro atoms. The highest BCUT2D eigenvalue weighted by molar-refractivity contribution is 4.97. The van der Waals surface area contributed by atoms with E-state index in [0.717, 1.165) is 38.9 Å². The quantitative estimate of drug-likeness (QED) is 0.807. The van der Waals surface area contributed by atoms with Crippen molar-refractivity contribution in [3.63, 3.8) is 0 Å². The van der Waals surface area contributed by atoms with E-state index in [2.05, 4.69) is 31.0 Å². The Morgan fingerprint density at radius 3 is 2.60 bits per heavy atom. The molecule has 4 atom stereocenters. The molecule has 1 heterocycles. The van der Waals surface area contributed by atoms with Crippen LogP contribution in [0.1, 0.15) is 52.9 Å². The number of hydrogen-bond donors (Lipinski definition) is 2. The summed E-state index contributed by atoms with van der Waals surface area (Å²) in [7, 11) is 0. The fraction of sp³-hybridized carbons (Fsp3) is 1.00. The van der Waals surface area contributed by atoms with Gasteiger partial charge in [0.05, 0.1) is 18.8 Å². The number of aliphatic hydroxyl groups is 1. The molecule has 0 amide bonds. The van der Waals surface area contributed by atoms with Crippen molar-refractivity contribution in [2.24, 2.45) is 0 Å². The van der Waals surface area contributed by atoms with Gasteiger partial charge in [-0.15, -0.1) is 0 Å². The second kappa shape index (κ2) is 7.21. The van der Waals surface area contributed by atoms with Gasteiger partial charge in [-0.3, -0.25) is 4.90 Å². The fourth-order valence-corrected chi connectivity index (χ4v) is 3.91. The Morgan fingerprint density at radius 1 is 1.30 bits per heavy atom. The van der Waals surface area contributed by atoms with Crippen LogP contribution in [0.3, 0.4) is 0 Å². The maximum Gasteiger partial charge on any atom is 0.0678 e. The van der Waals surface area contributed by atoms with E-state index in [1.54, 1.807) is 0 Å². The predicted octanol–water partition coefficient (Wildman–Crippen LogP) is 1.77. The van der Waals surface area contributed by atoms with Crippen LogP contribution in [-0.4, -0.2) is 60.0 Å². The van der Waals surface area contributed by atoms with Gasteiger partial charge >= 0.3 is 0 Å². The third-order valence-corrected chi connectivity index (χ3v) is 4.84. The lowest BCUT2D eigenvalue weighted by molar-refractivity contribution is -0.0898. The molecule has 2 aliphatic rings. The Kier molecular flexibility index (Phi) is 5.84. The monoisotopic (exact) mass is 284 g/mol. The summed E-state index contributed by atoms with van der Waals surface area (Å²) in [5, 5.41) is 13.5. The summed E-state index contributed by atoms with van der Waals surface area (Å²) in [4.78, 5) is 2.59. The summed E-state index contributed by atoms with van der Waals surface area (Å²) >= 11 is 0. The van der Waals surface area contributed by atoms with E-state index in [1.807, 2.05) is 0 Å². The number of rotatable bonds is 5. The second-order valence-electron chi connectivity index (χ2n) is 6.83. The topological polar surface area (TPSA) is 44.7 Å². The van der Waals surface area contributed by atoms with Crippen molar-refractivity contribution in [3.05, 3.63) is 0 Å². The van der Waals surface area contributed by atoms with Gasteiger partial charge in [-0.05, 0) is 52.5 Å². The summed E-state index contributed by atoms with van der Waals surface area (Å²) < 4.78 is 5.84. The molecule has 0 radical (unpaired) electrons. The zero-order valence-electron chi connectivity index (χ0n) is 13.4. The first kappa shape index (κ1) is 16.2. The van der Waals surface area contributed by atoms with Crippen LogP contribution in [0.15, 0.2) is 0 Å². The van der Waals surface area contributed by atoms with E-state index in [-0.39, 0.29) is 12.1 Å². The molecule has 1 aliphatic carbocycles. The molecule has 0 aromatic rings. The van der Waals surface area contributed by atoms with Crippen LogP contribution in [-0.2, 0) is 4.74 Å². The molecule has 0 bridgehead atoms. The molecule has 2 N–H and O–H groups in total. The molecule has 118 valence electrons. The minimum atomic E-state index is -0.0519. The maximum atomic E-state index is 9.88. The standard InChI is InChI=1S/C16H32N2O2/c1-4-8-17-16(12-19)7-5-6-15(9-16)18-10-13(2)20-14(3)11-18/h13-15,17,19H,4-12H2,1-3H3. The first-order chi connectivity index (χ1) is 9.58. The summed E-state index contributed by atoms with van der Waals surface area (Å²) in [5.41, 5.74) is -0.0519. The summed E-state index contributed by atoms with van der Waals surface area (Å²) in [6, 6.07) is 0.592. The molecule has 4 heteroatoms. The molecule has 4 unspecified atom stereocenters. The van der Waals surface area contributed by atoms with E-state index in [9.17, 15) is 5.11 Å². The van der Waals surface area contributed by atoms with Crippen molar-refractivity contribution in [2.75, 3.05) is 26.2 Å². The highest BCUT2D eigenvalue weighted by atomic mass is 16.5. The number of hydrogen-bond acceptors (Lipinski definition) is 4. The minimum absolute atomic E-state index is 0.0519. The summed E-state index contributed by atoms with van der Waals surface area (Å²) in [6.45, 7) is 9.85. The molecule has 20 heavy (non-hydrogen) atoms.